The van der Waals surface area contributed by atoms with Gasteiger partial charge < -0.3 is 5.32 Å². The summed E-state index contributed by atoms with van der Waals surface area (Å²) in [6.07, 6.45) is 1.74. The maximum atomic E-state index is 5.98. The Hall–Kier alpha value is -1.61. The third kappa shape index (κ3) is 2.99. The molecule has 0 atom stereocenters. The summed E-state index contributed by atoms with van der Waals surface area (Å²) in [5, 5.41) is 3.77. The van der Waals surface area contributed by atoms with Crippen molar-refractivity contribution in [3.63, 3.8) is 0 Å². The lowest BCUT2D eigenvalue weighted by atomic mass is 10.1. The smallest absolute Gasteiger partial charge is 0.135 e. The molecular weight excluding hydrogens is 246 g/mol. The van der Waals surface area contributed by atoms with Crippen molar-refractivity contribution in [2.75, 3.05) is 5.32 Å². The summed E-state index contributed by atoms with van der Waals surface area (Å²) in [7, 11) is 0. The molecule has 1 N–H and O–H groups in total. The zero-order valence-electron chi connectivity index (χ0n) is 10.6. The van der Waals surface area contributed by atoms with Crippen molar-refractivity contribution < 1.29 is 0 Å². The van der Waals surface area contributed by atoms with Gasteiger partial charge in [-0.3, -0.25) is 0 Å². The van der Waals surface area contributed by atoms with Crippen LogP contribution in [0.15, 0.2) is 30.3 Å². The Balaban J connectivity index is 2.30. The van der Waals surface area contributed by atoms with E-state index < -0.39 is 0 Å². The van der Waals surface area contributed by atoms with E-state index in [1.54, 1.807) is 6.07 Å². The van der Waals surface area contributed by atoms with E-state index in [1.165, 1.54) is 5.56 Å². The van der Waals surface area contributed by atoms with Crippen LogP contribution in [0.1, 0.15) is 25.2 Å². The second kappa shape index (κ2) is 5.83. The molecule has 0 amide bonds. The number of aromatic nitrogens is 2. The molecule has 0 aliphatic heterocycles. The second-order valence-electron chi connectivity index (χ2n) is 3.98. The van der Waals surface area contributed by atoms with Crippen LogP contribution in [0.25, 0.3) is 0 Å². The molecule has 0 spiro atoms. The van der Waals surface area contributed by atoms with Crippen molar-refractivity contribution in [2.45, 2.75) is 26.7 Å². The molecule has 3 nitrogen and oxygen atoms in total. The highest BCUT2D eigenvalue weighted by Gasteiger charge is 2.04. The number of nitrogens with zero attached hydrogens (tertiary/aromatic N) is 2. The largest absolute Gasteiger partial charge is 0.340 e. The van der Waals surface area contributed by atoms with Crippen molar-refractivity contribution >= 4 is 23.1 Å². The first-order valence-corrected chi connectivity index (χ1v) is 6.49. The Morgan fingerprint density at radius 1 is 1.11 bits per heavy atom. The standard InChI is InChI=1S/C14H16ClN3/c1-3-10-7-5-6-8-11(10)16-14-9-12(15)17-13(4-2)18-14/h5-9H,3-4H2,1-2H3,(H,16,17,18). The van der Waals surface area contributed by atoms with E-state index in [0.29, 0.717) is 5.15 Å². The number of hydrogen-bond donors (Lipinski definition) is 1. The number of aryl methyl sites for hydroxylation is 2. The molecule has 0 bridgehead atoms. The van der Waals surface area contributed by atoms with Gasteiger partial charge in [-0.2, -0.15) is 0 Å². The Morgan fingerprint density at radius 2 is 1.89 bits per heavy atom. The van der Waals surface area contributed by atoms with E-state index in [4.69, 9.17) is 11.6 Å². The summed E-state index contributed by atoms with van der Waals surface area (Å²) in [5.74, 6) is 1.49. The van der Waals surface area contributed by atoms with Crippen LogP contribution in [-0.4, -0.2) is 9.97 Å². The van der Waals surface area contributed by atoms with Crippen LogP contribution in [0, 0.1) is 0 Å². The summed E-state index contributed by atoms with van der Waals surface area (Å²) < 4.78 is 0. The van der Waals surface area contributed by atoms with Crippen molar-refractivity contribution in [3.05, 3.63) is 46.9 Å². The summed E-state index contributed by atoms with van der Waals surface area (Å²) in [6, 6.07) is 9.93. The molecule has 0 fully saturated rings. The zero-order chi connectivity index (χ0) is 13.0. The zero-order valence-corrected chi connectivity index (χ0v) is 11.3. The molecule has 0 unspecified atom stereocenters. The number of para-hydroxylation sites is 1. The normalized spacial score (nSPS) is 10.4. The minimum atomic E-state index is 0.471. The number of hydrogen-bond acceptors (Lipinski definition) is 3. The first-order valence-electron chi connectivity index (χ1n) is 6.11. The molecular formula is C14H16ClN3. The summed E-state index contributed by atoms with van der Waals surface area (Å²) in [6.45, 7) is 4.14. The van der Waals surface area contributed by atoms with Gasteiger partial charge in [-0.15, -0.1) is 0 Å². The Labute approximate surface area is 112 Å². The molecule has 0 aliphatic rings. The molecule has 1 heterocycles. The van der Waals surface area contributed by atoms with E-state index in [1.807, 2.05) is 25.1 Å². The highest BCUT2D eigenvalue weighted by atomic mass is 35.5. The SMILES string of the molecule is CCc1nc(Cl)cc(Nc2ccccc2CC)n1. The van der Waals surface area contributed by atoms with Gasteiger partial charge in [-0.1, -0.05) is 43.6 Å². The average Bonchev–Trinajstić information content (AvgIpc) is 2.38. The van der Waals surface area contributed by atoms with E-state index in [2.05, 4.69) is 28.3 Å². The molecule has 18 heavy (non-hydrogen) atoms. The predicted octanol–water partition coefficient (Wildman–Crippen LogP) is 4.00. The molecule has 1 aromatic carbocycles. The monoisotopic (exact) mass is 261 g/mol. The predicted molar refractivity (Wildman–Crippen MR) is 75.5 cm³/mol. The molecule has 94 valence electrons. The van der Waals surface area contributed by atoms with Gasteiger partial charge in [0.15, 0.2) is 0 Å². The highest BCUT2D eigenvalue weighted by molar-refractivity contribution is 6.29. The van der Waals surface area contributed by atoms with Gasteiger partial charge in [0, 0.05) is 18.2 Å². The van der Waals surface area contributed by atoms with Crippen LogP contribution < -0.4 is 5.32 Å². The number of nitrogens with one attached hydrogen (secondary N) is 1. The van der Waals surface area contributed by atoms with Crippen LogP contribution in [0.2, 0.25) is 5.15 Å². The molecule has 0 aliphatic carbocycles. The van der Waals surface area contributed by atoms with Crippen molar-refractivity contribution in [3.8, 4) is 0 Å². The van der Waals surface area contributed by atoms with Crippen LogP contribution >= 0.6 is 11.6 Å². The maximum Gasteiger partial charge on any atom is 0.135 e. The topological polar surface area (TPSA) is 37.8 Å². The lowest BCUT2D eigenvalue weighted by Gasteiger charge is -2.10. The number of anilines is 2. The minimum absolute atomic E-state index is 0.471. The van der Waals surface area contributed by atoms with Gasteiger partial charge in [-0.05, 0) is 18.1 Å². The Kier molecular flexibility index (Phi) is 4.15. The number of rotatable bonds is 4. The fraction of sp³-hybridized carbons (Fsp3) is 0.286. The third-order valence-electron chi connectivity index (χ3n) is 2.72. The first kappa shape index (κ1) is 12.8. The Bertz CT molecular complexity index is 540. The molecule has 4 heteroatoms. The summed E-state index contributed by atoms with van der Waals surface area (Å²) in [4.78, 5) is 8.57. The number of halogens is 1. The summed E-state index contributed by atoms with van der Waals surface area (Å²) >= 11 is 5.98. The second-order valence-corrected chi connectivity index (χ2v) is 4.37. The first-order chi connectivity index (χ1) is 8.72. The van der Waals surface area contributed by atoms with Crippen LogP contribution in [0.4, 0.5) is 11.5 Å². The quantitative estimate of drug-likeness (QED) is 0.846. The van der Waals surface area contributed by atoms with Gasteiger partial charge in [0.2, 0.25) is 0 Å². The van der Waals surface area contributed by atoms with Crippen LogP contribution in [-0.2, 0) is 12.8 Å². The fourth-order valence-corrected chi connectivity index (χ4v) is 1.98. The third-order valence-corrected chi connectivity index (χ3v) is 2.91. The highest BCUT2D eigenvalue weighted by Crippen LogP contribution is 2.21. The molecule has 0 saturated carbocycles. The fourth-order valence-electron chi connectivity index (χ4n) is 1.78. The van der Waals surface area contributed by atoms with E-state index >= 15 is 0 Å². The van der Waals surface area contributed by atoms with Gasteiger partial charge in [0.25, 0.3) is 0 Å². The molecule has 0 radical (unpaired) electrons. The van der Waals surface area contributed by atoms with Gasteiger partial charge >= 0.3 is 0 Å². The lowest BCUT2D eigenvalue weighted by Crippen LogP contribution is -2.01. The van der Waals surface area contributed by atoms with E-state index in [-0.39, 0.29) is 0 Å². The molecule has 2 rings (SSSR count). The average molecular weight is 262 g/mol. The van der Waals surface area contributed by atoms with Crippen LogP contribution in [0.5, 0.6) is 0 Å². The molecule has 1 aromatic heterocycles. The Morgan fingerprint density at radius 3 is 2.61 bits per heavy atom. The van der Waals surface area contributed by atoms with Crippen molar-refractivity contribution in [2.24, 2.45) is 0 Å². The van der Waals surface area contributed by atoms with Gasteiger partial charge in [0.1, 0.15) is 16.8 Å². The maximum absolute atomic E-state index is 5.98. The van der Waals surface area contributed by atoms with Crippen LogP contribution in [0.3, 0.4) is 0 Å². The van der Waals surface area contributed by atoms with Crippen molar-refractivity contribution in [1.82, 2.24) is 9.97 Å². The van der Waals surface area contributed by atoms with E-state index in [9.17, 15) is 0 Å². The van der Waals surface area contributed by atoms with Crippen molar-refractivity contribution in [1.29, 1.82) is 0 Å². The van der Waals surface area contributed by atoms with Gasteiger partial charge in [0.05, 0.1) is 0 Å². The lowest BCUT2D eigenvalue weighted by molar-refractivity contribution is 0.943. The van der Waals surface area contributed by atoms with Gasteiger partial charge in [-0.25, -0.2) is 9.97 Å². The molecule has 0 saturated heterocycles. The van der Waals surface area contributed by atoms with E-state index in [0.717, 1.165) is 30.2 Å². The minimum Gasteiger partial charge on any atom is -0.340 e. The number of benzene rings is 1. The summed E-state index contributed by atoms with van der Waals surface area (Å²) in [5.41, 5.74) is 2.32. The molecule has 2 aromatic rings.